The van der Waals surface area contributed by atoms with Gasteiger partial charge in [0.25, 0.3) is 0 Å². The number of dihydropyridines is 1. The van der Waals surface area contributed by atoms with E-state index in [2.05, 4.69) is 32.2 Å². The van der Waals surface area contributed by atoms with Crippen molar-refractivity contribution < 1.29 is 9.53 Å². The maximum absolute atomic E-state index is 12.3. The summed E-state index contributed by atoms with van der Waals surface area (Å²) in [5, 5.41) is 3.51. The number of ether oxygens (including phenoxy) is 1. The molecule has 27 heavy (non-hydrogen) atoms. The normalized spacial score (nSPS) is 29.3. The Morgan fingerprint density at radius 1 is 1.30 bits per heavy atom. The number of nitrogens with zero attached hydrogens (tertiary/aromatic N) is 3. The molecule has 0 spiro atoms. The Balaban J connectivity index is 1.61. The second-order valence-corrected chi connectivity index (χ2v) is 7.41. The Morgan fingerprint density at radius 3 is 2.81 bits per heavy atom. The molecule has 0 aromatic carbocycles. The summed E-state index contributed by atoms with van der Waals surface area (Å²) in [5.41, 5.74) is 7.13. The number of carbonyl (C=O) groups is 1. The summed E-state index contributed by atoms with van der Waals surface area (Å²) >= 11 is 0. The van der Waals surface area contributed by atoms with Crippen LogP contribution < -0.4 is 11.1 Å². The Kier molecular flexibility index (Phi) is 5.24. The van der Waals surface area contributed by atoms with Crippen LogP contribution in [-0.4, -0.2) is 72.3 Å². The van der Waals surface area contributed by atoms with E-state index >= 15 is 0 Å². The fraction of sp³-hybridized carbons (Fsp3) is 0.500. The van der Waals surface area contributed by atoms with Gasteiger partial charge in [0.15, 0.2) is 0 Å². The molecule has 0 saturated carbocycles. The topological polar surface area (TPSA) is 83.7 Å². The maximum atomic E-state index is 12.3. The van der Waals surface area contributed by atoms with E-state index in [4.69, 9.17) is 10.5 Å². The third kappa shape index (κ3) is 3.63. The highest BCUT2D eigenvalue weighted by Gasteiger charge is 2.47. The van der Waals surface area contributed by atoms with Crippen molar-refractivity contribution in [3.8, 4) is 0 Å². The third-order valence-electron chi connectivity index (χ3n) is 5.85. The molecule has 2 saturated heterocycles. The lowest BCUT2D eigenvalue weighted by molar-refractivity contribution is -0.116. The van der Waals surface area contributed by atoms with Crippen LogP contribution in [0, 0.1) is 0 Å². The van der Waals surface area contributed by atoms with Crippen LogP contribution in [0.2, 0.25) is 0 Å². The molecule has 3 aliphatic rings. The van der Waals surface area contributed by atoms with Crippen molar-refractivity contribution in [3.63, 3.8) is 0 Å². The van der Waals surface area contributed by atoms with Crippen LogP contribution in [0.15, 0.2) is 48.5 Å². The number of carbonyl (C=O) groups excluding carboxylic acids is 1. The summed E-state index contributed by atoms with van der Waals surface area (Å²) in [4.78, 5) is 21.2. The smallest absolute Gasteiger partial charge is 0.248 e. The standard InChI is InChI=1S/C20H27N5O2/c21-19(26)18-2-1-6-23-20(18,15-24-10-12-27-13-11-24)25-9-5-17(14-25)16-3-7-22-8-4-16/h1-4,6-8,17,23H,5,9-15H2,(H2,21,26). The predicted molar refractivity (Wildman–Crippen MR) is 103 cm³/mol. The first kappa shape index (κ1) is 18.2. The van der Waals surface area contributed by atoms with Crippen LogP contribution in [0.3, 0.4) is 0 Å². The zero-order chi connectivity index (χ0) is 18.7. The lowest BCUT2D eigenvalue weighted by Crippen LogP contribution is -2.66. The first-order valence-electron chi connectivity index (χ1n) is 9.59. The summed E-state index contributed by atoms with van der Waals surface area (Å²) in [7, 11) is 0. The second kappa shape index (κ2) is 7.80. The SMILES string of the molecule is NC(=O)C1=CC=CNC1(CN1CCOCC1)N1CCC(c2ccncc2)C1. The molecule has 144 valence electrons. The van der Waals surface area contributed by atoms with Gasteiger partial charge in [-0.15, -0.1) is 0 Å². The van der Waals surface area contributed by atoms with Gasteiger partial charge in [-0.2, -0.15) is 0 Å². The van der Waals surface area contributed by atoms with Crippen molar-refractivity contribution in [2.45, 2.75) is 18.0 Å². The average molecular weight is 369 g/mol. The van der Waals surface area contributed by atoms with Crippen LogP contribution in [0.1, 0.15) is 17.9 Å². The Morgan fingerprint density at radius 2 is 2.07 bits per heavy atom. The van der Waals surface area contributed by atoms with Crippen LogP contribution in [-0.2, 0) is 9.53 Å². The molecule has 1 aromatic heterocycles. The molecule has 1 aromatic rings. The number of nitrogens with one attached hydrogen (secondary N) is 1. The zero-order valence-corrected chi connectivity index (χ0v) is 15.5. The molecule has 4 rings (SSSR count). The lowest BCUT2D eigenvalue weighted by Gasteiger charge is -2.47. The minimum Gasteiger partial charge on any atom is -0.379 e. The molecule has 4 heterocycles. The van der Waals surface area contributed by atoms with E-state index in [1.807, 2.05) is 30.7 Å². The predicted octanol–water partition coefficient (Wildman–Crippen LogP) is 0.428. The molecular weight excluding hydrogens is 342 g/mol. The average Bonchev–Trinajstić information content (AvgIpc) is 3.20. The van der Waals surface area contributed by atoms with Crippen LogP contribution >= 0.6 is 0 Å². The van der Waals surface area contributed by atoms with Gasteiger partial charge in [0, 0.05) is 45.1 Å². The van der Waals surface area contributed by atoms with Crippen molar-refractivity contribution in [2.75, 3.05) is 45.9 Å². The molecular formula is C20H27N5O2. The molecule has 7 nitrogen and oxygen atoms in total. The van der Waals surface area contributed by atoms with Crippen molar-refractivity contribution in [2.24, 2.45) is 5.73 Å². The number of allylic oxidation sites excluding steroid dienone is 2. The van der Waals surface area contributed by atoms with Crippen molar-refractivity contribution in [1.82, 2.24) is 20.1 Å². The van der Waals surface area contributed by atoms with Gasteiger partial charge in [-0.3, -0.25) is 19.6 Å². The number of hydrogen-bond acceptors (Lipinski definition) is 6. The van der Waals surface area contributed by atoms with Gasteiger partial charge >= 0.3 is 0 Å². The van der Waals surface area contributed by atoms with Gasteiger partial charge in [0.05, 0.1) is 18.8 Å². The summed E-state index contributed by atoms with van der Waals surface area (Å²) < 4.78 is 5.49. The number of nitrogens with two attached hydrogens (primary N) is 1. The monoisotopic (exact) mass is 369 g/mol. The molecule has 2 unspecified atom stereocenters. The number of amides is 1. The van der Waals surface area contributed by atoms with Gasteiger partial charge in [0.2, 0.25) is 5.91 Å². The van der Waals surface area contributed by atoms with Gasteiger partial charge in [-0.05, 0) is 48.4 Å². The van der Waals surface area contributed by atoms with E-state index in [-0.39, 0.29) is 5.91 Å². The van der Waals surface area contributed by atoms with Gasteiger partial charge in [-0.1, -0.05) is 0 Å². The maximum Gasteiger partial charge on any atom is 0.248 e. The highest BCUT2D eigenvalue weighted by molar-refractivity contribution is 5.95. The molecule has 0 radical (unpaired) electrons. The Labute approximate surface area is 159 Å². The number of primary amides is 1. The Bertz CT molecular complexity index is 729. The van der Waals surface area contributed by atoms with Gasteiger partial charge in [-0.25, -0.2) is 0 Å². The van der Waals surface area contributed by atoms with Gasteiger partial charge < -0.3 is 15.8 Å². The zero-order valence-electron chi connectivity index (χ0n) is 15.5. The summed E-state index contributed by atoms with van der Waals surface area (Å²) in [6.07, 6.45) is 10.4. The third-order valence-corrected chi connectivity index (χ3v) is 5.85. The van der Waals surface area contributed by atoms with Crippen LogP contribution in [0.25, 0.3) is 0 Å². The minimum atomic E-state index is -0.598. The highest BCUT2D eigenvalue weighted by atomic mass is 16.5. The number of pyridine rings is 1. The Hall–Kier alpha value is -2.22. The highest BCUT2D eigenvalue weighted by Crippen LogP contribution is 2.35. The quantitative estimate of drug-likeness (QED) is 0.783. The first-order chi connectivity index (χ1) is 13.2. The molecule has 1 amide bonds. The number of hydrogen-bond donors (Lipinski definition) is 2. The fourth-order valence-electron chi connectivity index (χ4n) is 4.42. The van der Waals surface area contributed by atoms with E-state index < -0.39 is 5.66 Å². The number of morpholine rings is 1. The number of rotatable bonds is 5. The summed E-state index contributed by atoms with van der Waals surface area (Å²) in [5.74, 6) is 0.0591. The molecule has 3 N–H and O–H groups in total. The second-order valence-electron chi connectivity index (χ2n) is 7.41. The lowest BCUT2D eigenvalue weighted by atomic mass is 9.92. The summed E-state index contributed by atoms with van der Waals surface area (Å²) in [6, 6.07) is 4.17. The number of aromatic nitrogens is 1. The van der Waals surface area contributed by atoms with Crippen LogP contribution in [0.4, 0.5) is 0 Å². The van der Waals surface area contributed by atoms with E-state index in [1.165, 1.54) is 5.56 Å². The summed E-state index contributed by atoms with van der Waals surface area (Å²) in [6.45, 7) is 5.66. The molecule has 3 aliphatic heterocycles. The van der Waals surface area contributed by atoms with Gasteiger partial charge in [0.1, 0.15) is 5.66 Å². The number of likely N-dealkylation sites (tertiary alicyclic amines) is 1. The minimum absolute atomic E-state index is 0.368. The van der Waals surface area contributed by atoms with Crippen LogP contribution in [0.5, 0.6) is 0 Å². The van der Waals surface area contributed by atoms with E-state index in [9.17, 15) is 4.79 Å². The molecule has 0 aliphatic carbocycles. The van der Waals surface area contributed by atoms with E-state index in [0.29, 0.717) is 18.0 Å². The molecule has 2 fully saturated rings. The fourth-order valence-corrected chi connectivity index (χ4v) is 4.42. The molecule has 0 bridgehead atoms. The van der Waals surface area contributed by atoms with Crippen molar-refractivity contribution in [1.29, 1.82) is 0 Å². The van der Waals surface area contributed by atoms with Crippen molar-refractivity contribution in [3.05, 3.63) is 54.0 Å². The van der Waals surface area contributed by atoms with E-state index in [0.717, 1.165) is 45.8 Å². The molecule has 7 heteroatoms. The van der Waals surface area contributed by atoms with E-state index in [1.54, 1.807) is 0 Å². The molecule has 2 atom stereocenters. The largest absolute Gasteiger partial charge is 0.379 e. The van der Waals surface area contributed by atoms with Crippen molar-refractivity contribution >= 4 is 5.91 Å². The first-order valence-corrected chi connectivity index (χ1v) is 9.59.